The number of nitrogens with two attached hydrogens (primary N) is 1. The summed E-state index contributed by atoms with van der Waals surface area (Å²) in [5.41, 5.74) is 3.66. The number of anilines is 1. The van der Waals surface area contributed by atoms with Crippen LogP contribution in [0.25, 0.3) is 0 Å². The van der Waals surface area contributed by atoms with Crippen LogP contribution < -0.4 is 10.8 Å². The summed E-state index contributed by atoms with van der Waals surface area (Å²) in [6.45, 7) is 0. The quantitative estimate of drug-likeness (QED) is 0.602. The number of carboxylic acid groups (broad SMARTS) is 1. The number of carbonyl (C=O) groups is 1. The predicted molar refractivity (Wildman–Crippen MR) is 35.1 cm³/mol. The Morgan fingerprint density at radius 1 is 1.42 bits per heavy atom. The molecule has 0 unspecified atom stereocenters. The van der Waals surface area contributed by atoms with E-state index in [9.17, 15) is 18.7 Å². The Balaban J connectivity index is 3.36. The van der Waals surface area contributed by atoms with Crippen LogP contribution in [0.4, 0.5) is 14.5 Å². The molecule has 5 heteroatoms. The molecule has 64 valence electrons. The van der Waals surface area contributed by atoms with E-state index in [0.717, 1.165) is 6.07 Å². The average molecular weight is 172 g/mol. The molecule has 0 saturated heterocycles. The van der Waals surface area contributed by atoms with E-state index in [1.54, 1.807) is 0 Å². The molecule has 0 amide bonds. The molecule has 1 aromatic rings. The van der Waals surface area contributed by atoms with Crippen LogP contribution in [0.2, 0.25) is 0 Å². The molecule has 0 aliphatic rings. The van der Waals surface area contributed by atoms with Crippen LogP contribution in [-0.4, -0.2) is 5.97 Å². The first kappa shape index (κ1) is 8.45. The number of hydrogen-bond acceptors (Lipinski definition) is 3. The first-order valence-electron chi connectivity index (χ1n) is 2.99. The highest BCUT2D eigenvalue weighted by Crippen LogP contribution is 2.18. The van der Waals surface area contributed by atoms with Crippen LogP contribution in [-0.2, 0) is 0 Å². The van der Waals surface area contributed by atoms with Gasteiger partial charge in [-0.15, -0.1) is 0 Å². The molecular weight excluding hydrogens is 168 g/mol. The van der Waals surface area contributed by atoms with Crippen LogP contribution in [0, 0.1) is 11.6 Å². The van der Waals surface area contributed by atoms with Crippen molar-refractivity contribution >= 4 is 11.7 Å². The van der Waals surface area contributed by atoms with Crippen LogP contribution in [0.15, 0.2) is 12.1 Å². The van der Waals surface area contributed by atoms with Gasteiger partial charge in [0.1, 0.15) is 0 Å². The van der Waals surface area contributed by atoms with Crippen molar-refractivity contribution in [2.24, 2.45) is 0 Å². The summed E-state index contributed by atoms with van der Waals surface area (Å²) in [7, 11) is 0. The monoisotopic (exact) mass is 172 g/mol. The van der Waals surface area contributed by atoms with Gasteiger partial charge in [0.05, 0.1) is 11.7 Å². The number of halogens is 2. The second-order valence-electron chi connectivity index (χ2n) is 2.11. The first-order chi connectivity index (χ1) is 5.54. The molecule has 2 N–H and O–H groups in total. The van der Waals surface area contributed by atoms with Gasteiger partial charge < -0.3 is 15.6 Å². The van der Waals surface area contributed by atoms with Gasteiger partial charge in [-0.1, -0.05) is 0 Å². The van der Waals surface area contributed by atoms with Gasteiger partial charge in [-0.25, -0.2) is 8.78 Å². The van der Waals surface area contributed by atoms with E-state index in [2.05, 4.69) is 0 Å². The standard InChI is InChI=1S/C7H5F2NO2/c8-4-2-1-3(7(11)12)6(10)5(4)9/h1-2H,10H2,(H,11,12)/p-1. The van der Waals surface area contributed by atoms with Crippen molar-refractivity contribution in [3.8, 4) is 0 Å². The highest BCUT2D eigenvalue weighted by Gasteiger charge is 2.10. The maximum Gasteiger partial charge on any atom is 0.182 e. The van der Waals surface area contributed by atoms with Gasteiger partial charge in [0.15, 0.2) is 11.6 Å². The summed E-state index contributed by atoms with van der Waals surface area (Å²) in [6, 6.07) is 1.53. The molecule has 0 aliphatic carbocycles. The molecule has 0 spiro atoms. The maximum absolute atomic E-state index is 12.6. The van der Waals surface area contributed by atoms with Crippen LogP contribution >= 0.6 is 0 Å². The van der Waals surface area contributed by atoms with E-state index in [-0.39, 0.29) is 0 Å². The van der Waals surface area contributed by atoms with E-state index in [4.69, 9.17) is 5.73 Å². The number of rotatable bonds is 1. The molecule has 0 fully saturated rings. The number of nitrogen functional groups attached to an aromatic ring is 1. The number of carboxylic acids is 1. The fourth-order valence-corrected chi connectivity index (χ4v) is 0.744. The predicted octanol–water partition coefficient (Wildman–Crippen LogP) is -0.0895. The number of hydrogen-bond donors (Lipinski definition) is 1. The third-order valence-electron chi connectivity index (χ3n) is 1.35. The van der Waals surface area contributed by atoms with Crippen molar-refractivity contribution in [2.45, 2.75) is 0 Å². The fourth-order valence-electron chi connectivity index (χ4n) is 0.744. The summed E-state index contributed by atoms with van der Waals surface area (Å²) < 4.78 is 24.9. The molecule has 3 nitrogen and oxygen atoms in total. The lowest BCUT2D eigenvalue weighted by Crippen LogP contribution is -2.24. The van der Waals surface area contributed by atoms with Crippen molar-refractivity contribution in [3.05, 3.63) is 29.3 Å². The van der Waals surface area contributed by atoms with Gasteiger partial charge in [-0.05, 0) is 12.1 Å². The maximum atomic E-state index is 12.6. The van der Waals surface area contributed by atoms with Gasteiger partial charge in [0.25, 0.3) is 0 Å². The Morgan fingerprint density at radius 2 is 2.00 bits per heavy atom. The molecule has 1 aromatic carbocycles. The van der Waals surface area contributed by atoms with Gasteiger partial charge in [-0.3, -0.25) is 0 Å². The Labute approximate surface area is 66.4 Å². The normalized spacial score (nSPS) is 9.83. The molecular formula is C7H4F2NO2-. The molecule has 1 rings (SSSR count). The van der Waals surface area contributed by atoms with Crippen molar-refractivity contribution in [1.82, 2.24) is 0 Å². The van der Waals surface area contributed by atoms with Crippen molar-refractivity contribution in [2.75, 3.05) is 5.73 Å². The number of aromatic carboxylic acids is 1. The van der Waals surface area contributed by atoms with E-state index < -0.39 is 28.9 Å². The van der Waals surface area contributed by atoms with E-state index in [0.29, 0.717) is 6.07 Å². The summed E-state index contributed by atoms with van der Waals surface area (Å²) in [5.74, 6) is -4.18. The molecule has 0 saturated carbocycles. The summed E-state index contributed by atoms with van der Waals surface area (Å²) in [5, 5.41) is 10.2. The van der Waals surface area contributed by atoms with E-state index in [1.165, 1.54) is 0 Å². The lowest BCUT2D eigenvalue weighted by molar-refractivity contribution is -0.254. The van der Waals surface area contributed by atoms with Gasteiger partial charge >= 0.3 is 0 Å². The fraction of sp³-hybridized carbons (Fsp3) is 0. The van der Waals surface area contributed by atoms with Gasteiger partial charge in [-0.2, -0.15) is 0 Å². The zero-order valence-corrected chi connectivity index (χ0v) is 5.80. The minimum absolute atomic E-state index is 0.547. The highest BCUT2D eigenvalue weighted by atomic mass is 19.2. The molecule has 12 heavy (non-hydrogen) atoms. The Bertz CT molecular complexity index is 338. The smallest absolute Gasteiger partial charge is 0.182 e. The second kappa shape index (κ2) is 2.77. The highest BCUT2D eigenvalue weighted by molar-refractivity contribution is 5.92. The van der Waals surface area contributed by atoms with Gasteiger partial charge in [0.2, 0.25) is 0 Å². The lowest BCUT2D eigenvalue weighted by Gasteiger charge is -2.06. The average Bonchev–Trinajstić information content (AvgIpc) is 2.00. The molecule has 0 radical (unpaired) electrons. The first-order valence-corrected chi connectivity index (χ1v) is 2.99. The third kappa shape index (κ3) is 1.20. The molecule has 0 atom stereocenters. The van der Waals surface area contributed by atoms with Crippen LogP contribution in [0.1, 0.15) is 10.4 Å². The van der Waals surface area contributed by atoms with Crippen molar-refractivity contribution in [1.29, 1.82) is 0 Å². The Kier molecular flexibility index (Phi) is 1.95. The SMILES string of the molecule is Nc1c(C(=O)[O-])ccc(F)c1F. The Morgan fingerprint density at radius 3 is 2.50 bits per heavy atom. The van der Waals surface area contributed by atoms with E-state index in [1.807, 2.05) is 0 Å². The van der Waals surface area contributed by atoms with Gasteiger partial charge in [0, 0.05) is 5.56 Å². The molecule has 0 aromatic heterocycles. The topological polar surface area (TPSA) is 66.2 Å². The van der Waals surface area contributed by atoms with E-state index >= 15 is 0 Å². The zero-order chi connectivity index (χ0) is 9.30. The summed E-state index contributed by atoms with van der Waals surface area (Å²) >= 11 is 0. The van der Waals surface area contributed by atoms with Crippen molar-refractivity contribution in [3.63, 3.8) is 0 Å². The Hall–Kier alpha value is -1.65. The van der Waals surface area contributed by atoms with Crippen molar-refractivity contribution < 1.29 is 18.7 Å². The number of benzene rings is 1. The third-order valence-corrected chi connectivity index (χ3v) is 1.35. The molecule has 0 bridgehead atoms. The number of carbonyl (C=O) groups excluding carboxylic acids is 1. The molecule has 0 heterocycles. The largest absolute Gasteiger partial charge is 0.545 e. The summed E-state index contributed by atoms with van der Waals surface area (Å²) in [6.07, 6.45) is 0. The molecule has 0 aliphatic heterocycles. The summed E-state index contributed by atoms with van der Waals surface area (Å²) in [4.78, 5) is 10.2. The lowest BCUT2D eigenvalue weighted by atomic mass is 10.2. The minimum Gasteiger partial charge on any atom is -0.545 e. The zero-order valence-electron chi connectivity index (χ0n) is 5.80. The second-order valence-corrected chi connectivity index (χ2v) is 2.11. The van der Waals surface area contributed by atoms with Crippen LogP contribution in [0.5, 0.6) is 0 Å². The van der Waals surface area contributed by atoms with Crippen LogP contribution in [0.3, 0.4) is 0 Å². The minimum atomic E-state index is -1.63.